The van der Waals surface area contributed by atoms with Crippen molar-refractivity contribution >= 4 is 28.8 Å². The lowest BCUT2D eigenvalue weighted by molar-refractivity contribution is -0.121. The van der Waals surface area contributed by atoms with Crippen molar-refractivity contribution in [3.8, 4) is 0 Å². The quantitative estimate of drug-likeness (QED) is 0.811. The first-order valence-electron chi connectivity index (χ1n) is 4.89. The van der Waals surface area contributed by atoms with E-state index in [4.69, 9.17) is 11.6 Å². The standard InChI is InChI=1S/C10H15ClN2OS/c1-7-8(2)15-10(13-7)6-12-9(14)4-3-5-11/h3-6H2,1-2H3,(H,12,14). The Bertz CT molecular complexity index is 319. The minimum atomic E-state index is 0.0427. The molecule has 0 saturated heterocycles. The fourth-order valence-electron chi connectivity index (χ4n) is 1.10. The average Bonchev–Trinajstić information content (AvgIpc) is 2.52. The molecule has 1 aromatic rings. The molecular weight excluding hydrogens is 232 g/mol. The predicted molar refractivity (Wildman–Crippen MR) is 63.4 cm³/mol. The fraction of sp³-hybridized carbons (Fsp3) is 0.600. The van der Waals surface area contributed by atoms with E-state index in [2.05, 4.69) is 10.3 Å². The Balaban J connectivity index is 2.33. The van der Waals surface area contributed by atoms with E-state index in [9.17, 15) is 4.79 Å². The number of hydrogen-bond acceptors (Lipinski definition) is 3. The van der Waals surface area contributed by atoms with Crippen LogP contribution in [0.3, 0.4) is 0 Å². The molecule has 0 fully saturated rings. The van der Waals surface area contributed by atoms with Gasteiger partial charge in [-0.3, -0.25) is 4.79 Å². The molecule has 15 heavy (non-hydrogen) atoms. The summed E-state index contributed by atoms with van der Waals surface area (Å²) in [6, 6.07) is 0. The number of thiazole rings is 1. The molecule has 0 unspecified atom stereocenters. The summed E-state index contributed by atoms with van der Waals surface area (Å²) < 4.78 is 0. The third-order valence-electron chi connectivity index (χ3n) is 2.05. The van der Waals surface area contributed by atoms with Crippen LogP contribution in [0.15, 0.2) is 0 Å². The highest BCUT2D eigenvalue weighted by Crippen LogP contribution is 2.15. The molecule has 0 spiro atoms. The van der Waals surface area contributed by atoms with Crippen LogP contribution in [0.25, 0.3) is 0 Å². The summed E-state index contributed by atoms with van der Waals surface area (Å²) in [6.45, 7) is 4.54. The zero-order chi connectivity index (χ0) is 11.3. The third-order valence-corrected chi connectivity index (χ3v) is 3.39. The Hall–Kier alpha value is -0.610. The van der Waals surface area contributed by atoms with Crippen LogP contribution in [0.2, 0.25) is 0 Å². The highest BCUT2D eigenvalue weighted by Gasteiger charge is 2.05. The molecule has 0 saturated carbocycles. The van der Waals surface area contributed by atoms with Gasteiger partial charge in [0, 0.05) is 17.2 Å². The molecular formula is C10H15ClN2OS. The highest BCUT2D eigenvalue weighted by atomic mass is 35.5. The first kappa shape index (κ1) is 12.5. The van der Waals surface area contributed by atoms with Gasteiger partial charge in [0.25, 0.3) is 0 Å². The van der Waals surface area contributed by atoms with E-state index in [1.54, 1.807) is 11.3 Å². The number of rotatable bonds is 5. The van der Waals surface area contributed by atoms with Crippen LogP contribution in [-0.4, -0.2) is 16.8 Å². The fourth-order valence-corrected chi connectivity index (χ4v) is 2.11. The summed E-state index contributed by atoms with van der Waals surface area (Å²) in [5.74, 6) is 0.573. The van der Waals surface area contributed by atoms with Crippen molar-refractivity contribution < 1.29 is 4.79 Å². The SMILES string of the molecule is Cc1nc(CNC(=O)CCCCl)sc1C. The van der Waals surface area contributed by atoms with Crippen molar-refractivity contribution in [1.82, 2.24) is 10.3 Å². The second-order valence-electron chi connectivity index (χ2n) is 3.32. The summed E-state index contributed by atoms with van der Waals surface area (Å²) >= 11 is 7.12. The largest absolute Gasteiger partial charge is 0.350 e. The van der Waals surface area contributed by atoms with E-state index in [1.807, 2.05) is 13.8 Å². The van der Waals surface area contributed by atoms with E-state index in [1.165, 1.54) is 4.88 Å². The van der Waals surface area contributed by atoms with Gasteiger partial charge in [-0.05, 0) is 20.3 Å². The van der Waals surface area contributed by atoms with Crippen molar-refractivity contribution in [3.05, 3.63) is 15.6 Å². The van der Waals surface area contributed by atoms with Gasteiger partial charge in [0.2, 0.25) is 5.91 Å². The van der Waals surface area contributed by atoms with Crippen LogP contribution in [0.1, 0.15) is 28.4 Å². The van der Waals surface area contributed by atoms with Gasteiger partial charge in [-0.2, -0.15) is 0 Å². The molecule has 0 aliphatic heterocycles. The molecule has 3 nitrogen and oxygen atoms in total. The predicted octanol–water partition coefficient (Wildman–Crippen LogP) is 2.40. The maximum absolute atomic E-state index is 11.3. The molecule has 84 valence electrons. The number of amides is 1. The number of carbonyl (C=O) groups is 1. The highest BCUT2D eigenvalue weighted by molar-refractivity contribution is 7.11. The number of nitrogens with one attached hydrogen (secondary N) is 1. The second-order valence-corrected chi connectivity index (χ2v) is 4.98. The topological polar surface area (TPSA) is 42.0 Å². The van der Waals surface area contributed by atoms with Crippen molar-refractivity contribution in [2.45, 2.75) is 33.2 Å². The summed E-state index contributed by atoms with van der Waals surface area (Å²) in [5.41, 5.74) is 1.05. The van der Waals surface area contributed by atoms with E-state index in [0.717, 1.165) is 17.1 Å². The number of hydrogen-bond donors (Lipinski definition) is 1. The summed E-state index contributed by atoms with van der Waals surface area (Å²) in [7, 11) is 0. The summed E-state index contributed by atoms with van der Waals surface area (Å²) in [5, 5.41) is 3.79. The Morgan fingerprint density at radius 1 is 1.53 bits per heavy atom. The van der Waals surface area contributed by atoms with E-state index >= 15 is 0 Å². The van der Waals surface area contributed by atoms with Crippen LogP contribution in [0, 0.1) is 13.8 Å². The van der Waals surface area contributed by atoms with E-state index in [-0.39, 0.29) is 5.91 Å². The molecule has 1 N–H and O–H groups in total. The normalized spacial score (nSPS) is 10.3. The number of aromatic nitrogens is 1. The van der Waals surface area contributed by atoms with Crippen LogP contribution in [-0.2, 0) is 11.3 Å². The van der Waals surface area contributed by atoms with Gasteiger partial charge in [-0.15, -0.1) is 22.9 Å². The number of nitrogens with zero attached hydrogens (tertiary/aromatic N) is 1. The second kappa shape index (κ2) is 6.08. The molecule has 0 aliphatic carbocycles. The van der Waals surface area contributed by atoms with E-state index in [0.29, 0.717) is 18.8 Å². The lowest BCUT2D eigenvalue weighted by atomic mass is 10.3. The molecule has 0 aromatic carbocycles. The maximum atomic E-state index is 11.3. The Morgan fingerprint density at radius 3 is 2.80 bits per heavy atom. The molecule has 0 aliphatic rings. The van der Waals surface area contributed by atoms with Gasteiger partial charge >= 0.3 is 0 Å². The maximum Gasteiger partial charge on any atom is 0.220 e. The lowest BCUT2D eigenvalue weighted by Gasteiger charge is -2.00. The van der Waals surface area contributed by atoms with Gasteiger partial charge in [0.05, 0.1) is 12.2 Å². The molecule has 1 heterocycles. The average molecular weight is 247 g/mol. The Morgan fingerprint density at radius 2 is 2.27 bits per heavy atom. The first-order valence-corrected chi connectivity index (χ1v) is 6.24. The monoisotopic (exact) mass is 246 g/mol. The molecule has 1 aromatic heterocycles. The zero-order valence-corrected chi connectivity index (χ0v) is 10.5. The summed E-state index contributed by atoms with van der Waals surface area (Å²) in [6.07, 6.45) is 1.22. The number of carbonyl (C=O) groups excluding carboxylic acids is 1. The number of aryl methyl sites for hydroxylation is 2. The minimum Gasteiger partial charge on any atom is -0.350 e. The van der Waals surface area contributed by atoms with Crippen molar-refractivity contribution in [1.29, 1.82) is 0 Å². The Kier molecular flexibility index (Phi) is 5.05. The van der Waals surface area contributed by atoms with Crippen molar-refractivity contribution in [2.75, 3.05) is 5.88 Å². The van der Waals surface area contributed by atoms with E-state index < -0.39 is 0 Å². The van der Waals surface area contributed by atoms with Gasteiger partial charge in [-0.1, -0.05) is 0 Å². The molecule has 0 bridgehead atoms. The van der Waals surface area contributed by atoms with Gasteiger partial charge < -0.3 is 5.32 Å². The molecule has 1 rings (SSSR count). The third kappa shape index (κ3) is 4.18. The van der Waals surface area contributed by atoms with Crippen molar-refractivity contribution in [2.24, 2.45) is 0 Å². The van der Waals surface area contributed by atoms with Crippen LogP contribution < -0.4 is 5.32 Å². The van der Waals surface area contributed by atoms with Crippen LogP contribution in [0.4, 0.5) is 0 Å². The first-order chi connectivity index (χ1) is 7.13. The van der Waals surface area contributed by atoms with Gasteiger partial charge in [0.15, 0.2) is 0 Å². The lowest BCUT2D eigenvalue weighted by Crippen LogP contribution is -2.22. The number of halogens is 1. The Labute approximate surface area is 98.9 Å². The van der Waals surface area contributed by atoms with Crippen LogP contribution in [0.5, 0.6) is 0 Å². The van der Waals surface area contributed by atoms with Gasteiger partial charge in [0.1, 0.15) is 5.01 Å². The smallest absolute Gasteiger partial charge is 0.220 e. The zero-order valence-electron chi connectivity index (χ0n) is 8.97. The minimum absolute atomic E-state index is 0.0427. The summed E-state index contributed by atoms with van der Waals surface area (Å²) in [4.78, 5) is 16.8. The molecule has 0 atom stereocenters. The van der Waals surface area contributed by atoms with Crippen LogP contribution >= 0.6 is 22.9 Å². The van der Waals surface area contributed by atoms with Crippen molar-refractivity contribution in [3.63, 3.8) is 0 Å². The number of alkyl halides is 1. The molecule has 1 amide bonds. The molecule has 5 heteroatoms. The van der Waals surface area contributed by atoms with Gasteiger partial charge in [-0.25, -0.2) is 4.98 Å². The molecule has 0 radical (unpaired) electrons.